The van der Waals surface area contributed by atoms with Crippen molar-refractivity contribution in [2.24, 2.45) is 5.92 Å². The van der Waals surface area contributed by atoms with E-state index in [-0.39, 0.29) is 12.0 Å². The van der Waals surface area contributed by atoms with Crippen molar-refractivity contribution in [1.29, 1.82) is 0 Å². The van der Waals surface area contributed by atoms with Crippen LogP contribution in [0, 0.1) is 10.7 Å². The Labute approximate surface area is 114 Å². The Hall–Kier alpha value is -0.940. The van der Waals surface area contributed by atoms with Crippen LogP contribution in [-0.2, 0) is 6.54 Å². The molecular formula is C13H23N3OS. The normalized spacial score (nSPS) is 14.7. The molecule has 102 valence electrons. The lowest BCUT2D eigenvalue weighted by Gasteiger charge is -2.20. The third-order valence-corrected chi connectivity index (χ3v) is 3.16. The zero-order valence-electron chi connectivity index (χ0n) is 11.4. The second kappa shape index (κ2) is 6.85. The zero-order chi connectivity index (χ0) is 13.7. The molecule has 0 unspecified atom stereocenters. The van der Waals surface area contributed by atoms with Crippen molar-refractivity contribution in [2.75, 3.05) is 0 Å². The van der Waals surface area contributed by atoms with Gasteiger partial charge in [0.15, 0.2) is 4.77 Å². The number of allylic oxidation sites excluding steroid dienone is 1. The van der Waals surface area contributed by atoms with Gasteiger partial charge in [-0.25, -0.2) is 0 Å². The molecule has 0 amide bonds. The number of nitrogens with zero attached hydrogens (tertiary/aromatic N) is 2. The molecule has 1 aromatic rings. The van der Waals surface area contributed by atoms with E-state index in [1.54, 1.807) is 0 Å². The maximum atomic E-state index is 9.63. The molecule has 1 heterocycles. The minimum Gasteiger partial charge on any atom is -0.393 e. The molecule has 5 heteroatoms. The monoisotopic (exact) mass is 269 g/mol. The van der Waals surface area contributed by atoms with Gasteiger partial charge < -0.3 is 9.67 Å². The van der Waals surface area contributed by atoms with Crippen molar-refractivity contribution in [3.05, 3.63) is 23.3 Å². The summed E-state index contributed by atoms with van der Waals surface area (Å²) in [6.45, 7) is 10.6. The van der Waals surface area contributed by atoms with E-state index in [0.717, 1.165) is 12.2 Å². The second-order valence-electron chi connectivity index (χ2n) is 5.20. The fraction of sp³-hybridized carbons (Fsp3) is 0.692. The van der Waals surface area contributed by atoms with Crippen LogP contribution in [0.25, 0.3) is 0 Å². The van der Waals surface area contributed by atoms with Crippen LogP contribution in [0.3, 0.4) is 0 Å². The van der Waals surface area contributed by atoms with Crippen LogP contribution >= 0.6 is 12.2 Å². The summed E-state index contributed by atoms with van der Waals surface area (Å²) in [6.07, 6.45) is 3.16. The standard InChI is InChI=1S/C13H23N3OS/c1-5-6-16-12(14-15-13(16)18)11(7-9(2)3)8-10(4)17/h5,9-11,17H,1,6-8H2,2-4H3,(H,15,18)/t10-,11+/m0/s1. The third-order valence-electron chi connectivity index (χ3n) is 2.85. The highest BCUT2D eigenvalue weighted by Gasteiger charge is 2.21. The van der Waals surface area contributed by atoms with E-state index < -0.39 is 0 Å². The van der Waals surface area contributed by atoms with E-state index in [0.29, 0.717) is 23.7 Å². The summed E-state index contributed by atoms with van der Waals surface area (Å²) < 4.78 is 2.57. The first kappa shape index (κ1) is 15.1. The number of nitrogens with one attached hydrogen (secondary N) is 1. The topological polar surface area (TPSA) is 53.8 Å². The summed E-state index contributed by atoms with van der Waals surface area (Å²) in [5, 5.41) is 16.8. The van der Waals surface area contributed by atoms with Crippen molar-refractivity contribution >= 4 is 12.2 Å². The van der Waals surface area contributed by atoms with Gasteiger partial charge in [0, 0.05) is 12.5 Å². The molecule has 2 atom stereocenters. The average molecular weight is 269 g/mol. The van der Waals surface area contributed by atoms with Gasteiger partial charge in [-0.15, -0.1) is 6.58 Å². The lowest BCUT2D eigenvalue weighted by atomic mass is 9.91. The quantitative estimate of drug-likeness (QED) is 0.591. The number of hydrogen-bond acceptors (Lipinski definition) is 3. The fourth-order valence-corrected chi connectivity index (χ4v) is 2.45. The molecule has 1 aromatic heterocycles. The van der Waals surface area contributed by atoms with Crippen molar-refractivity contribution in [3.8, 4) is 0 Å². The Morgan fingerprint density at radius 2 is 2.11 bits per heavy atom. The maximum Gasteiger partial charge on any atom is 0.195 e. The summed E-state index contributed by atoms with van der Waals surface area (Å²) >= 11 is 5.22. The fourth-order valence-electron chi connectivity index (χ4n) is 2.23. The molecule has 0 aliphatic heterocycles. The molecule has 0 fully saturated rings. The minimum atomic E-state index is -0.337. The van der Waals surface area contributed by atoms with E-state index in [4.69, 9.17) is 12.2 Å². The lowest BCUT2D eigenvalue weighted by molar-refractivity contribution is 0.167. The summed E-state index contributed by atoms with van der Waals surface area (Å²) in [5.74, 6) is 1.70. The summed E-state index contributed by atoms with van der Waals surface area (Å²) in [5.41, 5.74) is 0. The first-order valence-corrected chi connectivity index (χ1v) is 6.80. The molecule has 0 saturated carbocycles. The number of hydrogen-bond donors (Lipinski definition) is 2. The van der Waals surface area contributed by atoms with E-state index in [2.05, 4.69) is 30.6 Å². The van der Waals surface area contributed by atoms with Gasteiger partial charge in [-0.05, 0) is 37.9 Å². The molecule has 0 aliphatic carbocycles. The van der Waals surface area contributed by atoms with Gasteiger partial charge in [0.1, 0.15) is 5.82 Å². The van der Waals surface area contributed by atoms with Crippen LogP contribution in [0.2, 0.25) is 0 Å². The second-order valence-corrected chi connectivity index (χ2v) is 5.58. The molecule has 0 aromatic carbocycles. The molecule has 0 spiro atoms. The molecule has 18 heavy (non-hydrogen) atoms. The number of aromatic amines is 1. The van der Waals surface area contributed by atoms with Crippen molar-refractivity contribution in [3.63, 3.8) is 0 Å². The van der Waals surface area contributed by atoms with Gasteiger partial charge in [0.2, 0.25) is 0 Å². The van der Waals surface area contributed by atoms with Crippen LogP contribution in [0.15, 0.2) is 12.7 Å². The average Bonchev–Trinajstić information content (AvgIpc) is 2.59. The van der Waals surface area contributed by atoms with Crippen LogP contribution in [-0.4, -0.2) is 26.0 Å². The van der Waals surface area contributed by atoms with Crippen LogP contribution in [0.1, 0.15) is 45.4 Å². The SMILES string of the molecule is C=CCn1c([C@H](CC(C)C)C[C@H](C)O)n[nH]c1=S. The first-order chi connectivity index (χ1) is 8.45. The predicted molar refractivity (Wildman–Crippen MR) is 76.1 cm³/mol. The van der Waals surface area contributed by atoms with Gasteiger partial charge in [-0.1, -0.05) is 19.9 Å². The van der Waals surface area contributed by atoms with Gasteiger partial charge in [-0.3, -0.25) is 5.10 Å². The molecular weight excluding hydrogens is 246 g/mol. The number of rotatable bonds is 7. The Balaban J connectivity index is 3.03. The summed E-state index contributed by atoms with van der Waals surface area (Å²) in [7, 11) is 0. The van der Waals surface area contributed by atoms with Gasteiger partial charge in [0.25, 0.3) is 0 Å². The van der Waals surface area contributed by atoms with E-state index in [1.807, 2.05) is 17.6 Å². The van der Waals surface area contributed by atoms with Gasteiger partial charge >= 0.3 is 0 Å². The molecule has 0 aliphatic rings. The van der Waals surface area contributed by atoms with E-state index in [9.17, 15) is 5.11 Å². The van der Waals surface area contributed by atoms with E-state index in [1.165, 1.54) is 0 Å². The highest BCUT2D eigenvalue weighted by atomic mass is 32.1. The number of aliphatic hydroxyl groups is 1. The Kier molecular flexibility index (Phi) is 5.75. The highest BCUT2D eigenvalue weighted by molar-refractivity contribution is 7.71. The van der Waals surface area contributed by atoms with Crippen LogP contribution < -0.4 is 0 Å². The molecule has 1 rings (SSSR count). The lowest BCUT2D eigenvalue weighted by Crippen LogP contribution is -2.16. The van der Waals surface area contributed by atoms with Gasteiger partial charge in [-0.2, -0.15) is 5.10 Å². The highest BCUT2D eigenvalue weighted by Crippen LogP contribution is 2.27. The van der Waals surface area contributed by atoms with Crippen LogP contribution in [0.5, 0.6) is 0 Å². The largest absolute Gasteiger partial charge is 0.393 e. The number of aromatic nitrogens is 3. The zero-order valence-corrected chi connectivity index (χ0v) is 12.2. The predicted octanol–water partition coefficient (Wildman–Crippen LogP) is 3.03. The summed E-state index contributed by atoms with van der Waals surface area (Å²) in [4.78, 5) is 0. The first-order valence-electron chi connectivity index (χ1n) is 6.39. The Morgan fingerprint density at radius 1 is 1.44 bits per heavy atom. The van der Waals surface area contributed by atoms with Crippen molar-refractivity contribution < 1.29 is 5.11 Å². The summed E-state index contributed by atoms with van der Waals surface area (Å²) in [6, 6.07) is 0. The van der Waals surface area contributed by atoms with E-state index >= 15 is 0 Å². The number of aliphatic hydroxyl groups excluding tert-OH is 1. The Morgan fingerprint density at radius 3 is 2.61 bits per heavy atom. The van der Waals surface area contributed by atoms with Crippen molar-refractivity contribution in [1.82, 2.24) is 14.8 Å². The third kappa shape index (κ3) is 4.07. The molecule has 4 nitrogen and oxygen atoms in total. The molecule has 0 saturated heterocycles. The number of H-pyrrole nitrogens is 1. The maximum absolute atomic E-state index is 9.63. The van der Waals surface area contributed by atoms with Gasteiger partial charge in [0.05, 0.1) is 6.10 Å². The smallest absolute Gasteiger partial charge is 0.195 e. The molecule has 0 bridgehead atoms. The molecule has 2 N–H and O–H groups in total. The Bertz CT molecular complexity index is 424. The minimum absolute atomic E-state index is 0.220. The molecule has 0 radical (unpaired) electrons. The van der Waals surface area contributed by atoms with Crippen LogP contribution in [0.4, 0.5) is 0 Å². The van der Waals surface area contributed by atoms with Crippen molar-refractivity contribution in [2.45, 2.75) is 52.2 Å².